The zero-order valence-electron chi connectivity index (χ0n) is 12.7. The molecule has 4 heteroatoms. The summed E-state index contributed by atoms with van der Waals surface area (Å²) in [6.07, 6.45) is 9.31. The lowest BCUT2D eigenvalue weighted by Gasteiger charge is -2.50. The van der Waals surface area contributed by atoms with E-state index < -0.39 is 5.97 Å². The molecule has 1 aromatic rings. The van der Waals surface area contributed by atoms with Crippen LogP contribution in [0.3, 0.4) is 0 Å². The number of piperidine rings is 1. The molecule has 2 fully saturated rings. The first-order valence-corrected chi connectivity index (χ1v) is 8.26. The number of hydrogen-bond acceptors (Lipinski definition) is 3. The maximum atomic E-state index is 11.8. The number of carboxylic acid groups (broad SMARTS) is 1. The largest absolute Gasteiger partial charge is 0.480 e. The highest BCUT2D eigenvalue weighted by Gasteiger charge is 2.44. The maximum Gasteiger partial charge on any atom is 0.320 e. The highest BCUT2D eigenvalue weighted by molar-refractivity contribution is 5.73. The number of fused-ring (bicyclic) bond motifs is 1. The van der Waals surface area contributed by atoms with Crippen LogP contribution in [-0.2, 0) is 4.79 Å². The molecule has 116 valence electrons. The Balaban J connectivity index is 1.93. The summed E-state index contributed by atoms with van der Waals surface area (Å²) >= 11 is 0. The predicted molar refractivity (Wildman–Crippen MR) is 80.0 cm³/mol. The van der Waals surface area contributed by atoms with Gasteiger partial charge in [0.15, 0.2) is 0 Å². The van der Waals surface area contributed by atoms with Gasteiger partial charge in [-0.1, -0.05) is 19.8 Å². The molecule has 4 atom stereocenters. The zero-order valence-corrected chi connectivity index (χ0v) is 12.7. The quantitative estimate of drug-likeness (QED) is 0.915. The third kappa shape index (κ3) is 2.73. The van der Waals surface area contributed by atoms with Crippen LogP contribution in [0.25, 0.3) is 0 Å². The van der Waals surface area contributed by atoms with Crippen molar-refractivity contribution in [2.45, 2.75) is 70.0 Å². The Kier molecular flexibility index (Phi) is 4.34. The molecule has 4 nitrogen and oxygen atoms in total. The molecular formula is C17H25NO3. The smallest absolute Gasteiger partial charge is 0.320 e. The van der Waals surface area contributed by atoms with Crippen molar-refractivity contribution in [1.82, 2.24) is 4.90 Å². The van der Waals surface area contributed by atoms with Crippen LogP contribution < -0.4 is 0 Å². The molecule has 1 N–H and O–H groups in total. The van der Waals surface area contributed by atoms with Gasteiger partial charge < -0.3 is 9.52 Å². The first-order valence-electron chi connectivity index (χ1n) is 8.26. The highest BCUT2D eigenvalue weighted by Crippen LogP contribution is 2.43. The Hall–Kier alpha value is -1.29. The summed E-state index contributed by atoms with van der Waals surface area (Å²) in [5, 5.41) is 9.67. The average molecular weight is 291 g/mol. The van der Waals surface area contributed by atoms with Gasteiger partial charge in [0.2, 0.25) is 0 Å². The van der Waals surface area contributed by atoms with Gasteiger partial charge in [0, 0.05) is 6.04 Å². The van der Waals surface area contributed by atoms with Crippen molar-refractivity contribution < 1.29 is 14.3 Å². The summed E-state index contributed by atoms with van der Waals surface area (Å²) in [6.45, 7) is 2.12. The molecule has 0 amide bonds. The van der Waals surface area contributed by atoms with Gasteiger partial charge in [0.25, 0.3) is 0 Å². The Morgan fingerprint density at radius 2 is 2.19 bits per heavy atom. The lowest BCUT2D eigenvalue weighted by atomic mass is 9.75. The van der Waals surface area contributed by atoms with Crippen LogP contribution in [-0.4, -0.2) is 28.1 Å². The second kappa shape index (κ2) is 6.22. The van der Waals surface area contributed by atoms with Crippen molar-refractivity contribution in [3.63, 3.8) is 0 Å². The fraction of sp³-hybridized carbons (Fsp3) is 0.706. The fourth-order valence-electron chi connectivity index (χ4n) is 4.41. The lowest BCUT2D eigenvalue weighted by Crippen LogP contribution is -2.56. The van der Waals surface area contributed by atoms with Crippen LogP contribution in [0.1, 0.15) is 63.7 Å². The summed E-state index contributed by atoms with van der Waals surface area (Å²) in [5.41, 5.74) is 0. The number of furan rings is 1. The van der Waals surface area contributed by atoms with Gasteiger partial charge in [0.1, 0.15) is 11.8 Å². The molecular weight excluding hydrogens is 266 g/mol. The standard InChI is InChI=1S/C17H25NO3/c1-2-13(16-8-5-11-21-16)18-14-7-4-3-6-12(14)9-10-15(18)17(19)20/h5,8,11-15H,2-4,6-7,9-10H2,1H3,(H,19,20). The van der Waals surface area contributed by atoms with Gasteiger partial charge in [-0.3, -0.25) is 9.69 Å². The molecule has 2 aliphatic rings. The molecule has 1 aliphatic heterocycles. The summed E-state index contributed by atoms with van der Waals surface area (Å²) in [7, 11) is 0. The van der Waals surface area contributed by atoms with E-state index in [0.29, 0.717) is 12.0 Å². The van der Waals surface area contributed by atoms with Crippen LogP contribution in [0.15, 0.2) is 22.8 Å². The van der Waals surface area contributed by atoms with Gasteiger partial charge in [-0.15, -0.1) is 0 Å². The van der Waals surface area contributed by atoms with Crippen LogP contribution in [0.4, 0.5) is 0 Å². The zero-order chi connectivity index (χ0) is 14.8. The predicted octanol–water partition coefficient (Wildman–Crippen LogP) is 3.84. The molecule has 1 aliphatic carbocycles. The minimum Gasteiger partial charge on any atom is -0.480 e. The molecule has 3 rings (SSSR count). The van der Waals surface area contributed by atoms with Crippen LogP contribution in [0.2, 0.25) is 0 Å². The molecule has 0 bridgehead atoms. The van der Waals surface area contributed by atoms with E-state index in [2.05, 4.69) is 11.8 Å². The summed E-state index contributed by atoms with van der Waals surface area (Å²) in [6, 6.07) is 4.02. The highest BCUT2D eigenvalue weighted by atomic mass is 16.4. The minimum atomic E-state index is -0.677. The molecule has 1 aromatic heterocycles. The number of likely N-dealkylation sites (tertiary alicyclic amines) is 1. The van der Waals surface area contributed by atoms with E-state index in [1.165, 1.54) is 19.3 Å². The summed E-state index contributed by atoms with van der Waals surface area (Å²) < 4.78 is 5.61. The van der Waals surface area contributed by atoms with Crippen molar-refractivity contribution in [2.24, 2.45) is 5.92 Å². The SMILES string of the molecule is CCC(c1ccco1)N1C(C(=O)O)CCC2CCCCC21. The van der Waals surface area contributed by atoms with E-state index in [-0.39, 0.29) is 12.1 Å². The van der Waals surface area contributed by atoms with Crippen molar-refractivity contribution >= 4 is 5.97 Å². The molecule has 1 saturated heterocycles. The van der Waals surface area contributed by atoms with Gasteiger partial charge in [0.05, 0.1) is 12.3 Å². The first kappa shape index (κ1) is 14.6. The van der Waals surface area contributed by atoms with Crippen LogP contribution in [0, 0.1) is 5.92 Å². The van der Waals surface area contributed by atoms with Gasteiger partial charge in [-0.2, -0.15) is 0 Å². The second-order valence-corrected chi connectivity index (χ2v) is 6.43. The topological polar surface area (TPSA) is 53.7 Å². The van der Waals surface area contributed by atoms with E-state index in [9.17, 15) is 9.90 Å². The Morgan fingerprint density at radius 3 is 2.86 bits per heavy atom. The molecule has 2 heterocycles. The molecule has 0 radical (unpaired) electrons. The average Bonchev–Trinajstić information content (AvgIpc) is 3.02. The number of nitrogens with zero attached hydrogens (tertiary/aromatic N) is 1. The number of rotatable bonds is 4. The Bertz CT molecular complexity index is 470. The number of carboxylic acids is 1. The van der Waals surface area contributed by atoms with E-state index in [4.69, 9.17) is 4.42 Å². The van der Waals surface area contributed by atoms with Gasteiger partial charge in [-0.25, -0.2) is 0 Å². The van der Waals surface area contributed by atoms with Gasteiger partial charge >= 0.3 is 5.97 Å². The molecule has 0 spiro atoms. The van der Waals surface area contributed by atoms with E-state index in [1.54, 1.807) is 6.26 Å². The van der Waals surface area contributed by atoms with Crippen molar-refractivity contribution in [3.8, 4) is 0 Å². The van der Waals surface area contributed by atoms with Gasteiger partial charge in [-0.05, 0) is 50.2 Å². The van der Waals surface area contributed by atoms with Crippen LogP contribution in [0.5, 0.6) is 0 Å². The monoisotopic (exact) mass is 291 g/mol. The number of aliphatic carboxylic acids is 1. The van der Waals surface area contributed by atoms with Crippen molar-refractivity contribution in [1.29, 1.82) is 0 Å². The maximum absolute atomic E-state index is 11.8. The van der Waals surface area contributed by atoms with E-state index >= 15 is 0 Å². The first-order chi connectivity index (χ1) is 10.2. The Morgan fingerprint density at radius 1 is 1.38 bits per heavy atom. The van der Waals surface area contributed by atoms with E-state index in [1.807, 2.05) is 12.1 Å². The van der Waals surface area contributed by atoms with E-state index in [0.717, 1.165) is 31.4 Å². The number of hydrogen-bond donors (Lipinski definition) is 1. The minimum absolute atomic E-state index is 0.0898. The van der Waals surface area contributed by atoms with Crippen molar-refractivity contribution in [2.75, 3.05) is 0 Å². The third-order valence-corrected chi connectivity index (χ3v) is 5.33. The Labute approximate surface area is 126 Å². The third-order valence-electron chi connectivity index (χ3n) is 5.33. The summed E-state index contributed by atoms with van der Waals surface area (Å²) in [5.74, 6) is 0.900. The molecule has 4 unspecified atom stereocenters. The second-order valence-electron chi connectivity index (χ2n) is 6.43. The normalized spacial score (nSPS) is 31.6. The molecule has 21 heavy (non-hydrogen) atoms. The molecule has 0 aromatic carbocycles. The fourth-order valence-corrected chi connectivity index (χ4v) is 4.41. The summed E-state index contributed by atoms with van der Waals surface area (Å²) in [4.78, 5) is 14.0. The molecule has 1 saturated carbocycles. The van der Waals surface area contributed by atoms with Crippen LogP contribution >= 0.6 is 0 Å². The lowest BCUT2D eigenvalue weighted by molar-refractivity contribution is -0.151. The number of carbonyl (C=O) groups is 1. The van der Waals surface area contributed by atoms with Crippen molar-refractivity contribution in [3.05, 3.63) is 24.2 Å².